The lowest BCUT2D eigenvalue weighted by molar-refractivity contribution is -0.151. The number of phenols is 1. The molecule has 0 saturated carbocycles. The minimum Gasteiger partial charge on any atom is -0.508 e. The van der Waals surface area contributed by atoms with Gasteiger partial charge in [0.05, 0.1) is 5.39 Å². The van der Waals surface area contributed by atoms with Crippen LogP contribution in [0, 0.1) is 0 Å². The van der Waals surface area contributed by atoms with Crippen molar-refractivity contribution in [3.05, 3.63) is 69.3 Å². The van der Waals surface area contributed by atoms with Gasteiger partial charge >= 0.3 is 12.1 Å². The third-order valence-corrected chi connectivity index (χ3v) is 8.64. The normalized spacial score (nSPS) is 18.2. The van der Waals surface area contributed by atoms with E-state index in [1.54, 1.807) is 6.26 Å². The molecule has 228 valence electrons. The van der Waals surface area contributed by atoms with Crippen molar-refractivity contribution in [2.45, 2.75) is 22.6 Å². The van der Waals surface area contributed by atoms with Crippen molar-refractivity contribution < 1.29 is 38.9 Å². The molecule has 2 aliphatic heterocycles. The number of β-lactam (4-membered cyclic amide) rings is 1. The fourth-order valence-corrected chi connectivity index (χ4v) is 6.29. The number of H-pyrrole nitrogens is 1. The van der Waals surface area contributed by atoms with Gasteiger partial charge in [-0.25, -0.2) is 19.6 Å². The number of nitrogens with one attached hydrogen (secondary N) is 3. The summed E-state index contributed by atoms with van der Waals surface area (Å²) < 4.78 is 4.71. The molecule has 44 heavy (non-hydrogen) atoms. The number of benzene rings is 1. The zero-order chi connectivity index (χ0) is 31.7. The lowest BCUT2D eigenvalue weighted by Gasteiger charge is -2.49. The molecule has 7 N–H and O–H groups in total. The fourth-order valence-electron chi connectivity index (χ4n) is 4.63. The first kappa shape index (κ1) is 30.4. The number of carbonyl (C=O) groups is 5. The summed E-state index contributed by atoms with van der Waals surface area (Å²) in [5.74, 6) is -3.96. The number of aromatic hydroxyl groups is 1. The van der Waals surface area contributed by atoms with Crippen molar-refractivity contribution in [1.29, 1.82) is 0 Å². The van der Waals surface area contributed by atoms with Gasteiger partial charge in [0.15, 0.2) is 5.16 Å². The van der Waals surface area contributed by atoms with Crippen LogP contribution in [0.4, 0.5) is 4.79 Å². The molecule has 0 spiro atoms. The number of carboxylic acid groups (broad SMARTS) is 1. The number of ether oxygens (including phenoxy) is 1. The van der Waals surface area contributed by atoms with Crippen LogP contribution in [0.3, 0.4) is 0 Å². The summed E-state index contributed by atoms with van der Waals surface area (Å²) in [6.45, 7) is -0.425. The van der Waals surface area contributed by atoms with E-state index in [2.05, 4.69) is 25.6 Å². The van der Waals surface area contributed by atoms with E-state index in [-0.39, 0.29) is 44.9 Å². The molecule has 4 amide bonds. The van der Waals surface area contributed by atoms with Crippen LogP contribution in [0.15, 0.2) is 57.9 Å². The van der Waals surface area contributed by atoms with Crippen LogP contribution in [0.5, 0.6) is 5.75 Å². The average Bonchev–Trinajstić information content (AvgIpc) is 3.00. The molecule has 5 rings (SSSR count). The van der Waals surface area contributed by atoms with Crippen LogP contribution in [-0.4, -0.2) is 89.9 Å². The number of nitrogens with zero attached hydrogens (tertiary/aromatic N) is 3. The van der Waals surface area contributed by atoms with Gasteiger partial charge in [0.25, 0.3) is 11.8 Å². The van der Waals surface area contributed by atoms with Crippen molar-refractivity contribution in [1.82, 2.24) is 30.5 Å². The number of carboxylic acids is 1. The summed E-state index contributed by atoms with van der Waals surface area (Å²) in [6.07, 6.45) is 3.10. The van der Waals surface area contributed by atoms with E-state index in [1.807, 2.05) is 0 Å². The Labute approximate surface area is 255 Å². The van der Waals surface area contributed by atoms with Crippen LogP contribution < -0.4 is 21.8 Å². The minimum atomic E-state index is -1.43. The van der Waals surface area contributed by atoms with Crippen LogP contribution in [-0.2, 0) is 19.1 Å². The highest BCUT2D eigenvalue weighted by Crippen LogP contribution is 2.40. The number of hydrogen-bond donors (Lipinski definition) is 6. The first-order valence-electron chi connectivity index (χ1n) is 12.6. The number of pyridine rings is 1. The number of primary amides is 1. The Morgan fingerprint density at radius 2 is 1.98 bits per heavy atom. The maximum absolute atomic E-state index is 13.6. The predicted molar refractivity (Wildman–Crippen MR) is 155 cm³/mol. The second kappa shape index (κ2) is 12.3. The number of amides is 4. The van der Waals surface area contributed by atoms with E-state index >= 15 is 0 Å². The highest BCUT2D eigenvalue weighted by Gasteiger charge is 2.54. The molecule has 4 heterocycles. The number of thioether (sulfide) groups is 2. The van der Waals surface area contributed by atoms with Gasteiger partial charge in [-0.1, -0.05) is 23.9 Å². The first-order valence-corrected chi connectivity index (χ1v) is 14.9. The topological polar surface area (TPSA) is 247 Å². The van der Waals surface area contributed by atoms with Crippen LogP contribution in [0.1, 0.15) is 22.0 Å². The number of aromatic nitrogens is 3. The highest BCUT2D eigenvalue weighted by molar-refractivity contribution is 8.00. The van der Waals surface area contributed by atoms with Crippen LogP contribution >= 0.6 is 23.5 Å². The van der Waals surface area contributed by atoms with E-state index in [1.165, 1.54) is 42.2 Å². The van der Waals surface area contributed by atoms with Crippen molar-refractivity contribution >= 4 is 64.3 Å². The van der Waals surface area contributed by atoms with Gasteiger partial charge in [0.1, 0.15) is 46.7 Å². The lowest BCUT2D eigenvalue weighted by atomic mass is 10.0. The molecule has 16 nitrogen and oxygen atoms in total. The third-order valence-electron chi connectivity index (χ3n) is 6.74. The molecule has 3 atom stereocenters. The van der Waals surface area contributed by atoms with E-state index in [4.69, 9.17) is 10.5 Å². The third kappa shape index (κ3) is 5.76. The summed E-state index contributed by atoms with van der Waals surface area (Å²) in [5, 5.41) is 24.2. The second-order valence-corrected chi connectivity index (χ2v) is 11.3. The molecular formula is C26H23N7O9S2. The quantitative estimate of drug-likeness (QED) is 0.103. The predicted octanol–water partition coefficient (Wildman–Crippen LogP) is 0.0506. The Bertz CT molecular complexity index is 1790. The van der Waals surface area contributed by atoms with Gasteiger partial charge < -0.3 is 36.3 Å². The Balaban J connectivity index is 1.39. The number of aliphatic carboxylic acids is 1. The van der Waals surface area contributed by atoms with E-state index in [0.717, 1.165) is 22.9 Å². The molecule has 18 heteroatoms. The van der Waals surface area contributed by atoms with Crippen LogP contribution in [0.25, 0.3) is 11.0 Å². The molecule has 2 unspecified atom stereocenters. The summed E-state index contributed by atoms with van der Waals surface area (Å²) >= 11 is 2.40. The molecule has 2 aromatic heterocycles. The first-order chi connectivity index (χ1) is 21.0. The van der Waals surface area contributed by atoms with E-state index in [0.29, 0.717) is 5.16 Å². The zero-order valence-corrected chi connectivity index (χ0v) is 24.2. The fraction of sp³-hybridized carbons (Fsp3) is 0.231. The molecule has 1 saturated heterocycles. The molecule has 0 radical (unpaired) electrons. The van der Waals surface area contributed by atoms with Crippen molar-refractivity contribution in [2.24, 2.45) is 5.73 Å². The highest BCUT2D eigenvalue weighted by atomic mass is 32.2. The summed E-state index contributed by atoms with van der Waals surface area (Å²) in [4.78, 5) is 88.1. The standard InChI is InChI=1S/C26H23N7O9S2/c1-43-26-29-6-13-18(35)14(7-28-19(13)32-26)20(36)30-15(10-2-4-12(34)5-3-10)21(37)31-16-22(38)33-17(24(39)40)11(8-42-25(27)41)9-44-23(16)33/h2-7,15-16,23,34H,8-9H2,1H3,(H2,27,41)(H,30,36)(H,31,37)(H,39,40)(H,28,29,32,35)/t15?,16?,23-/m1/s1. The molecule has 1 aromatic carbocycles. The zero-order valence-electron chi connectivity index (χ0n) is 22.6. The van der Waals surface area contributed by atoms with Crippen molar-refractivity contribution in [2.75, 3.05) is 18.6 Å². The molecule has 2 aliphatic rings. The molecule has 0 aliphatic carbocycles. The van der Waals surface area contributed by atoms with Crippen molar-refractivity contribution in [3.8, 4) is 5.75 Å². The monoisotopic (exact) mass is 641 g/mol. The van der Waals surface area contributed by atoms with E-state index in [9.17, 15) is 39.0 Å². The maximum atomic E-state index is 13.6. The lowest BCUT2D eigenvalue weighted by Crippen LogP contribution is -2.71. The average molecular weight is 642 g/mol. The molecule has 0 bridgehead atoms. The van der Waals surface area contributed by atoms with Gasteiger partial charge in [-0.2, -0.15) is 0 Å². The molecule has 1 fully saturated rings. The number of nitrogens with two attached hydrogens (primary N) is 1. The molecular weight excluding hydrogens is 618 g/mol. The van der Waals surface area contributed by atoms with Crippen LogP contribution in [0.2, 0.25) is 0 Å². The van der Waals surface area contributed by atoms with E-state index < -0.39 is 59.3 Å². The van der Waals surface area contributed by atoms with Crippen molar-refractivity contribution in [3.63, 3.8) is 0 Å². The summed E-state index contributed by atoms with van der Waals surface area (Å²) in [5.41, 5.74) is 4.18. The number of phenolic OH excluding ortho intramolecular Hbond substituents is 1. The Hall–Kier alpha value is -5.10. The van der Waals surface area contributed by atoms with Gasteiger partial charge in [-0.3, -0.25) is 24.1 Å². The van der Waals surface area contributed by atoms with Gasteiger partial charge in [0, 0.05) is 23.7 Å². The number of hydrogen-bond acceptors (Lipinski definition) is 12. The number of aromatic amines is 1. The minimum absolute atomic E-state index is 0.0541. The summed E-state index contributed by atoms with van der Waals surface area (Å²) in [7, 11) is 0. The summed E-state index contributed by atoms with van der Waals surface area (Å²) in [6, 6.07) is 2.74. The molecule has 3 aromatic rings. The van der Waals surface area contributed by atoms with Gasteiger partial charge in [0.2, 0.25) is 11.3 Å². The second-order valence-electron chi connectivity index (χ2n) is 9.41. The number of rotatable bonds is 9. The maximum Gasteiger partial charge on any atom is 0.404 e. The number of carbonyl (C=O) groups excluding carboxylic acids is 4. The number of fused-ring (bicyclic) bond motifs is 2. The largest absolute Gasteiger partial charge is 0.508 e. The smallest absolute Gasteiger partial charge is 0.404 e. The Morgan fingerprint density at radius 1 is 1.25 bits per heavy atom. The Kier molecular flexibility index (Phi) is 8.45. The van der Waals surface area contributed by atoms with Gasteiger partial charge in [-0.15, -0.1) is 11.8 Å². The van der Waals surface area contributed by atoms with Gasteiger partial charge in [-0.05, 0) is 24.0 Å². The SMILES string of the molecule is CSc1ncc2c(=O)c(C(=O)NC(C(=O)NC3C(=O)N4C(C(=O)O)=C(COC(N)=O)CS[C@H]34)c3ccc(O)cc3)c[nH]c2n1. The Morgan fingerprint density at radius 3 is 2.64 bits per heavy atom.